The van der Waals surface area contributed by atoms with Crippen LogP contribution in [-0.4, -0.2) is 14.8 Å². The van der Waals surface area contributed by atoms with Gasteiger partial charge in [0.05, 0.1) is 21.4 Å². The quantitative estimate of drug-likeness (QED) is 0.784. The van der Waals surface area contributed by atoms with E-state index in [1.807, 2.05) is 37.6 Å². The molecule has 0 amide bonds. The number of para-hydroxylation sites is 1. The molecule has 0 saturated heterocycles. The third-order valence-electron chi connectivity index (χ3n) is 2.89. The van der Waals surface area contributed by atoms with Gasteiger partial charge in [0.1, 0.15) is 0 Å². The first-order valence-corrected chi connectivity index (χ1v) is 6.62. The molecule has 0 bridgehead atoms. The number of nitrogens with zero attached hydrogens (tertiary/aromatic N) is 3. The van der Waals surface area contributed by atoms with Crippen molar-refractivity contribution < 1.29 is 0 Å². The van der Waals surface area contributed by atoms with Crippen LogP contribution in [0.1, 0.15) is 16.6 Å². The van der Waals surface area contributed by atoms with Gasteiger partial charge in [-0.25, -0.2) is 4.98 Å². The molecule has 1 aromatic carbocycles. The smallest absolute Gasteiger partial charge is 0.0957 e. The Hall–Kier alpha value is -1.72. The monoisotopic (exact) mass is 258 g/mol. The lowest BCUT2D eigenvalue weighted by Crippen LogP contribution is -2.12. The summed E-state index contributed by atoms with van der Waals surface area (Å²) < 4.78 is 2.99. The molecule has 0 aliphatic carbocycles. The Morgan fingerprint density at radius 3 is 2.94 bits per heavy atom. The number of fused-ring (bicyclic) bond motifs is 1. The average Bonchev–Trinajstić information content (AvgIpc) is 2.94. The van der Waals surface area contributed by atoms with E-state index in [2.05, 4.69) is 16.1 Å². The van der Waals surface area contributed by atoms with Crippen LogP contribution in [0.5, 0.6) is 0 Å². The molecule has 4 nitrogen and oxygen atoms in total. The first-order valence-electron chi connectivity index (χ1n) is 5.81. The number of hydrogen-bond acceptors (Lipinski definition) is 4. The van der Waals surface area contributed by atoms with Gasteiger partial charge in [-0.2, -0.15) is 5.10 Å². The normalized spacial score (nSPS) is 13.0. The molecule has 3 rings (SSSR count). The number of thiazole rings is 1. The number of nitrogens with two attached hydrogens (primary N) is 1. The van der Waals surface area contributed by atoms with E-state index in [0.717, 1.165) is 22.5 Å². The molecule has 18 heavy (non-hydrogen) atoms. The molecular weight excluding hydrogens is 244 g/mol. The fourth-order valence-corrected chi connectivity index (χ4v) is 2.97. The summed E-state index contributed by atoms with van der Waals surface area (Å²) in [5.74, 6) is 0. The first-order chi connectivity index (χ1) is 8.72. The van der Waals surface area contributed by atoms with E-state index < -0.39 is 0 Å². The van der Waals surface area contributed by atoms with Crippen molar-refractivity contribution in [3.05, 3.63) is 47.2 Å². The molecule has 0 spiro atoms. The van der Waals surface area contributed by atoms with Crippen molar-refractivity contribution in [1.29, 1.82) is 0 Å². The molecule has 2 heterocycles. The van der Waals surface area contributed by atoms with E-state index in [-0.39, 0.29) is 6.04 Å². The van der Waals surface area contributed by atoms with Crippen molar-refractivity contribution in [1.82, 2.24) is 14.8 Å². The second-order valence-corrected chi connectivity index (χ2v) is 5.45. The second kappa shape index (κ2) is 4.51. The molecule has 1 atom stereocenters. The Bertz CT molecular complexity index is 637. The highest BCUT2D eigenvalue weighted by Gasteiger charge is 2.12. The first kappa shape index (κ1) is 11.4. The number of rotatable bonds is 3. The maximum absolute atomic E-state index is 6.18. The van der Waals surface area contributed by atoms with Crippen molar-refractivity contribution in [2.24, 2.45) is 12.8 Å². The SMILES string of the molecule is Cn1cc(C(N)Cc2nc3ccccc3s2)cn1. The Labute approximate surface area is 109 Å². The van der Waals surface area contributed by atoms with E-state index in [9.17, 15) is 0 Å². The van der Waals surface area contributed by atoms with Gasteiger partial charge < -0.3 is 5.73 Å². The Kier molecular flexibility index (Phi) is 2.85. The van der Waals surface area contributed by atoms with Crippen molar-refractivity contribution >= 4 is 21.6 Å². The zero-order valence-corrected chi connectivity index (χ0v) is 10.9. The summed E-state index contributed by atoms with van der Waals surface area (Å²) in [6, 6.07) is 8.12. The summed E-state index contributed by atoms with van der Waals surface area (Å²) in [4.78, 5) is 4.60. The van der Waals surface area contributed by atoms with E-state index in [0.29, 0.717) is 0 Å². The zero-order chi connectivity index (χ0) is 12.5. The van der Waals surface area contributed by atoms with Crippen LogP contribution in [0.15, 0.2) is 36.7 Å². The lowest BCUT2D eigenvalue weighted by molar-refractivity contribution is 0.715. The van der Waals surface area contributed by atoms with Crippen molar-refractivity contribution in [2.75, 3.05) is 0 Å². The summed E-state index contributed by atoms with van der Waals surface area (Å²) in [6.45, 7) is 0. The van der Waals surface area contributed by atoms with Crippen molar-refractivity contribution in [2.45, 2.75) is 12.5 Å². The second-order valence-electron chi connectivity index (χ2n) is 4.33. The summed E-state index contributed by atoms with van der Waals surface area (Å²) in [5.41, 5.74) is 8.28. The highest BCUT2D eigenvalue weighted by atomic mass is 32.1. The van der Waals surface area contributed by atoms with Crippen LogP contribution in [0.3, 0.4) is 0 Å². The van der Waals surface area contributed by atoms with Gasteiger partial charge in [0, 0.05) is 31.3 Å². The number of hydrogen-bond donors (Lipinski definition) is 1. The molecular formula is C13H14N4S. The number of aryl methyl sites for hydroxylation is 1. The molecule has 0 saturated carbocycles. The van der Waals surface area contributed by atoms with Crippen LogP contribution in [-0.2, 0) is 13.5 Å². The molecule has 5 heteroatoms. The van der Waals surface area contributed by atoms with E-state index in [1.54, 1.807) is 16.0 Å². The Morgan fingerprint density at radius 2 is 2.22 bits per heavy atom. The van der Waals surface area contributed by atoms with Gasteiger partial charge in [-0.15, -0.1) is 11.3 Å². The standard InChI is InChI=1S/C13H14N4S/c1-17-8-9(7-15-17)10(14)6-13-16-11-4-2-3-5-12(11)18-13/h2-5,7-8,10H,6,14H2,1H3. The van der Waals surface area contributed by atoms with E-state index in [1.165, 1.54) is 4.70 Å². The number of benzene rings is 1. The fourth-order valence-electron chi connectivity index (χ4n) is 1.94. The number of aromatic nitrogens is 3. The molecule has 2 N–H and O–H groups in total. The third kappa shape index (κ3) is 2.14. The van der Waals surface area contributed by atoms with Crippen LogP contribution in [0.25, 0.3) is 10.2 Å². The van der Waals surface area contributed by atoms with Crippen LogP contribution >= 0.6 is 11.3 Å². The van der Waals surface area contributed by atoms with Crippen molar-refractivity contribution in [3.8, 4) is 0 Å². The van der Waals surface area contributed by atoms with Crippen molar-refractivity contribution in [3.63, 3.8) is 0 Å². The van der Waals surface area contributed by atoms with Gasteiger partial charge in [-0.1, -0.05) is 12.1 Å². The largest absolute Gasteiger partial charge is 0.324 e. The topological polar surface area (TPSA) is 56.7 Å². The van der Waals surface area contributed by atoms with Crippen LogP contribution in [0.4, 0.5) is 0 Å². The van der Waals surface area contributed by atoms with E-state index in [4.69, 9.17) is 5.73 Å². The van der Waals surface area contributed by atoms with Gasteiger partial charge in [0.2, 0.25) is 0 Å². The summed E-state index contributed by atoms with van der Waals surface area (Å²) in [6.07, 6.45) is 4.53. The summed E-state index contributed by atoms with van der Waals surface area (Å²) in [7, 11) is 1.90. The van der Waals surface area contributed by atoms with Crippen LogP contribution in [0, 0.1) is 0 Å². The Morgan fingerprint density at radius 1 is 1.39 bits per heavy atom. The van der Waals surface area contributed by atoms with E-state index >= 15 is 0 Å². The molecule has 3 aromatic rings. The molecule has 2 aromatic heterocycles. The minimum Gasteiger partial charge on any atom is -0.324 e. The van der Waals surface area contributed by atoms with Gasteiger partial charge in [-0.3, -0.25) is 4.68 Å². The molecule has 0 radical (unpaired) electrons. The molecule has 0 aliphatic heterocycles. The fraction of sp³-hybridized carbons (Fsp3) is 0.231. The summed E-state index contributed by atoms with van der Waals surface area (Å²) in [5, 5.41) is 5.22. The molecule has 92 valence electrons. The maximum Gasteiger partial charge on any atom is 0.0957 e. The Balaban J connectivity index is 1.83. The molecule has 0 aliphatic rings. The molecule has 1 unspecified atom stereocenters. The van der Waals surface area contributed by atoms with Gasteiger partial charge >= 0.3 is 0 Å². The van der Waals surface area contributed by atoms with Gasteiger partial charge in [0.25, 0.3) is 0 Å². The average molecular weight is 258 g/mol. The predicted molar refractivity (Wildman–Crippen MR) is 73.5 cm³/mol. The lowest BCUT2D eigenvalue weighted by atomic mass is 10.1. The summed E-state index contributed by atoms with van der Waals surface area (Å²) >= 11 is 1.71. The zero-order valence-electron chi connectivity index (χ0n) is 10.1. The highest BCUT2D eigenvalue weighted by Crippen LogP contribution is 2.24. The highest BCUT2D eigenvalue weighted by molar-refractivity contribution is 7.18. The molecule has 0 fully saturated rings. The van der Waals surface area contributed by atoms with Crippen LogP contribution in [0.2, 0.25) is 0 Å². The van der Waals surface area contributed by atoms with Crippen LogP contribution < -0.4 is 5.73 Å². The minimum absolute atomic E-state index is 0.0423. The minimum atomic E-state index is -0.0423. The third-order valence-corrected chi connectivity index (χ3v) is 3.94. The maximum atomic E-state index is 6.18. The van der Waals surface area contributed by atoms with Gasteiger partial charge in [-0.05, 0) is 12.1 Å². The lowest BCUT2D eigenvalue weighted by Gasteiger charge is -2.05. The predicted octanol–water partition coefficient (Wildman–Crippen LogP) is 2.27. The van der Waals surface area contributed by atoms with Gasteiger partial charge in [0.15, 0.2) is 0 Å².